The van der Waals surface area contributed by atoms with Crippen LogP contribution in [0.1, 0.15) is 10.4 Å². The van der Waals surface area contributed by atoms with E-state index in [1.807, 2.05) is 0 Å². The minimum atomic E-state index is -0.316. The molecule has 0 fully saturated rings. The maximum absolute atomic E-state index is 12.0. The van der Waals surface area contributed by atoms with Crippen LogP contribution in [0.5, 0.6) is 0 Å². The lowest BCUT2D eigenvalue weighted by molar-refractivity contribution is 0.102. The molecule has 0 aliphatic carbocycles. The van der Waals surface area contributed by atoms with Crippen LogP contribution in [0.4, 0.5) is 11.5 Å². The number of rotatable bonds is 2. The molecule has 2 rings (SSSR count). The highest BCUT2D eigenvalue weighted by Crippen LogP contribution is 2.21. The van der Waals surface area contributed by atoms with Crippen LogP contribution in [0, 0.1) is 0 Å². The van der Waals surface area contributed by atoms with E-state index in [1.165, 1.54) is 0 Å². The Morgan fingerprint density at radius 2 is 2.17 bits per heavy atom. The standard InChI is InChI=1S/C12H9BrClN3O/c13-8-4-7(5-9(14)6-8)12(18)17-11-10(15)2-1-3-16-11/h1-6H,15H2,(H,16,17,18). The predicted molar refractivity (Wildman–Crippen MR) is 75.8 cm³/mol. The summed E-state index contributed by atoms with van der Waals surface area (Å²) in [5.74, 6) is 0.0159. The van der Waals surface area contributed by atoms with Crippen molar-refractivity contribution in [2.24, 2.45) is 0 Å². The van der Waals surface area contributed by atoms with Crippen LogP contribution < -0.4 is 11.1 Å². The Hall–Kier alpha value is -1.59. The first-order chi connectivity index (χ1) is 8.56. The SMILES string of the molecule is Nc1cccnc1NC(=O)c1cc(Cl)cc(Br)c1. The Morgan fingerprint density at radius 1 is 1.39 bits per heavy atom. The molecule has 4 nitrogen and oxygen atoms in total. The molecule has 92 valence electrons. The topological polar surface area (TPSA) is 68.0 Å². The van der Waals surface area contributed by atoms with Gasteiger partial charge in [0.2, 0.25) is 0 Å². The number of aromatic nitrogens is 1. The number of anilines is 2. The Kier molecular flexibility index (Phi) is 3.84. The van der Waals surface area contributed by atoms with Crippen LogP contribution in [-0.2, 0) is 0 Å². The van der Waals surface area contributed by atoms with Crippen LogP contribution in [-0.4, -0.2) is 10.9 Å². The lowest BCUT2D eigenvalue weighted by atomic mass is 10.2. The quantitative estimate of drug-likeness (QED) is 0.889. The number of halogens is 2. The number of hydrogen-bond donors (Lipinski definition) is 2. The van der Waals surface area contributed by atoms with E-state index in [2.05, 4.69) is 26.2 Å². The summed E-state index contributed by atoms with van der Waals surface area (Å²) in [6.45, 7) is 0. The molecule has 1 aromatic carbocycles. The second kappa shape index (κ2) is 5.37. The summed E-state index contributed by atoms with van der Waals surface area (Å²) in [4.78, 5) is 16.0. The largest absolute Gasteiger partial charge is 0.396 e. The van der Waals surface area contributed by atoms with Gasteiger partial charge < -0.3 is 11.1 Å². The molecule has 0 saturated carbocycles. The van der Waals surface area contributed by atoms with Gasteiger partial charge in [-0.2, -0.15) is 0 Å². The molecule has 0 spiro atoms. The highest BCUT2D eigenvalue weighted by atomic mass is 79.9. The van der Waals surface area contributed by atoms with Gasteiger partial charge in [-0.25, -0.2) is 4.98 Å². The Balaban J connectivity index is 2.25. The molecular weight excluding hydrogens is 318 g/mol. The zero-order chi connectivity index (χ0) is 13.1. The first-order valence-electron chi connectivity index (χ1n) is 5.04. The van der Waals surface area contributed by atoms with Crippen molar-refractivity contribution in [2.75, 3.05) is 11.1 Å². The normalized spacial score (nSPS) is 10.1. The molecule has 3 N–H and O–H groups in total. The molecule has 0 aliphatic heterocycles. The van der Waals surface area contributed by atoms with Crippen molar-refractivity contribution in [3.63, 3.8) is 0 Å². The van der Waals surface area contributed by atoms with E-state index in [4.69, 9.17) is 17.3 Å². The molecule has 0 unspecified atom stereocenters. The average molecular weight is 327 g/mol. The van der Waals surface area contributed by atoms with Gasteiger partial charge in [-0.3, -0.25) is 4.79 Å². The van der Waals surface area contributed by atoms with Crippen molar-refractivity contribution >= 4 is 44.9 Å². The summed E-state index contributed by atoms with van der Waals surface area (Å²) in [6.07, 6.45) is 1.56. The number of benzene rings is 1. The smallest absolute Gasteiger partial charge is 0.256 e. The Labute approximate surface area is 117 Å². The second-order valence-electron chi connectivity index (χ2n) is 3.55. The van der Waals surface area contributed by atoms with Crippen molar-refractivity contribution < 1.29 is 4.79 Å². The predicted octanol–water partition coefficient (Wildman–Crippen LogP) is 3.33. The lowest BCUT2D eigenvalue weighted by Crippen LogP contribution is -2.14. The van der Waals surface area contributed by atoms with E-state index in [0.29, 0.717) is 22.1 Å². The minimum Gasteiger partial charge on any atom is -0.396 e. The number of pyridine rings is 1. The zero-order valence-corrected chi connectivity index (χ0v) is 11.5. The number of nitrogens with two attached hydrogens (primary N) is 1. The van der Waals surface area contributed by atoms with E-state index >= 15 is 0 Å². The van der Waals surface area contributed by atoms with Crippen LogP contribution in [0.15, 0.2) is 41.0 Å². The van der Waals surface area contributed by atoms with Crippen LogP contribution in [0.25, 0.3) is 0 Å². The number of carbonyl (C=O) groups is 1. The zero-order valence-electron chi connectivity index (χ0n) is 9.15. The summed E-state index contributed by atoms with van der Waals surface area (Å²) in [5.41, 5.74) is 6.53. The van der Waals surface area contributed by atoms with Gasteiger partial charge in [0.15, 0.2) is 5.82 Å². The highest BCUT2D eigenvalue weighted by Gasteiger charge is 2.10. The summed E-state index contributed by atoms with van der Waals surface area (Å²) < 4.78 is 0.731. The van der Waals surface area contributed by atoms with Crippen molar-refractivity contribution in [3.05, 3.63) is 51.6 Å². The summed E-state index contributed by atoms with van der Waals surface area (Å²) >= 11 is 9.15. The van der Waals surface area contributed by atoms with E-state index in [9.17, 15) is 4.79 Å². The summed E-state index contributed by atoms with van der Waals surface area (Å²) in [6, 6.07) is 8.30. The maximum Gasteiger partial charge on any atom is 0.256 e. The molecule has 1 heterocycles. The molecule has 1 amide bonds. The number of carbonyl (C=O) groups excluding carboxylic acids is 1. The molecule has 2 aromatic rings. The van der Waals surface area contributed by atoms with Gasteiger partial charge in [-0.1, -0.05) is 27.5 Å². The van der Waals surface area contributed by atoms with Gasteiger partial charge in [0.05, 0.1) is 5.69 Å². The van der Waals surface area contributed by atoms with Crippen LogP contribution in [0.2, 0.25) is 5.02 Å². The molecule has 18 heavy (non-hydrogen) atoms. The average Bonchev–Trinajstić information content (AvgIpc) is 2.31. The first-order valence-corrected chi connectivity index (χ1v) is 6.21. The van der Waals surface area contributed by atoms with Gasteiger partial charge >= 0.3 is 0 Å². The van der Waals surface area contributed by atoms with Gasteiger partial charge in [-0.15, -0.1) is 0 Å². The van der Waals surface area contributed by atoms with Crippen molar-refractivity contribution in [1.82, 2.24) is 4.98 Å². The fourth-order valence-electron chi connectivity index (χ4n) is 1.39. The molecule has 0 bridgehead atoms. The first kappa shape index (κ1) is 12.9. The number of nitrogens with zero attached hydrogens (tertiary/aromatic N) is 1. The Morgan fingerprint density at radius 3 is 2.83 bits per heavy atom. The minimum absolute atomic E-state index is 0.316. The number of nitrogens with one attached hydrogen (secondary N) is 1. The van der Waals surface area contributed by atoms with Crippen molar-refractivity contribution in [1.29, 1.82) is 0 Å². The Bertz CT molecular complexity index is 583. The fraction of sp³-hybridized carbons (Fsp3) is 0. The van der Waals surface area contributed by atoms with E-state index in [1.54, 1.807) is 36.5 Å². The third-order valence-electron chi connectivity index (χ3n) is 2.20. The molecule has 0 aliphatic rings. The molecule has 0 radical (unpaired) electrons. The maximum atomic E-state index is 12.0. The van der Waals surface area contributed by atoms with E-state index < -0.39 is 0 Å². The molecule has 0 atom stereocenters. The fourth-order valence-corrected chi connectivity index (χ4v) is 2.25. The molecule has 6 heteroatoms. The van der Waals surface area contributed by atoms with Crippen LogP contribution >= 0.6 is 27.5 Å². The summed E-state index contributed by atoms with van der Waals surface area (Å²) in [7, 11) is 0. The third-order valence-corrected chi connectivity index (χ3v) is 2.87. The van der Waals surface area contributed by atoms with E-state index in [0.717, 1.165) is 4.47 Å². The van der Waals surface area contributed by atoms with Crippen molar-refractivity contribution in [3.8, 4) is 0 Å². The molecule has 0 saturated heterocycles. The monoisotopic (exact) mass is 325 g/mol. The lowest BCUT2D eigenvalue weighted by Gasteiger charge is -2.07. The van der Waals surface area contributed by atoms with Gasteiger partial charge in [0.1, 0.15) is 0 Å². The number of hydrogen-bond acceptors (Lipinski definition) is 3. The second-order valence-corrected chi connectivity index (χ2v) is 4.91. The van der Waals surface area contributed by atoms with E-state index in [-0.39, 0.29) is 5.91 Å². The van der Waals surface area contributed by atoms with Gasteiger partial charge in [0, 0.05) is 21.3 Å². The van der Waals surface area contributed by atoms with Crippen molar-refractivity contribution in [2.45, 2.75) is 0 Å². The molecular formula is C12H9BrClN3O. The molecule has 1 aromatic heterocycles. The number of nitrogen functional groups attached to an aromatic ring is 1. The summed E-state index contributed by atoms with van der Waals surface area (Å²) in [5, 5.41) is 3.10. The van der Waals surface area contributed by atoms with Gasteiger partial charge in [0.25, 0.3) is 5.91 Å². The number of amides is 1. The third kappa shape index (κ3) is 3.00. The highest BCUT2D eigenvalue weighted by molar-refractivity contribution is 9.10. The van der Waals surface area contributed by atoms with Crippen LogP contribution in [0.3, 0.4) is 0 Å². The van der Waals surface area contributed by atoms with Gasteiger partial charge in [-0.05, 0) is 30.3 Å².